The fourth-order valence-electron chi connectivity index (χ4n) is 6.81. The van der Waals surface area contributed by atoms with E-state index in [9.17, 15) is 67.7 Å². The van der Waals surface area contributed by atoms with Crippen molar-refractivity contribution in [2.24, 2.45) is 17.4 Å². The van der Waals surface area contributed by atoms with Gasteiger partial charge in [0.1, 0.15) is 54.0 Å². The van der Waals surface area contributed by atoms with E-state index in [4.69, 9.17) is 16.2 Å². The Bertz CT molecular complexity index is 2040. The number of carboxylic acids is 1. The Balaban J connectivity index is 2.62. The van der Waals surface area contributed by atoms with E-state index in [1.54, 1.807) is 13.8 Å². The lowest BCUT2D eigenvalue weighted by Gasteiger charge is -2.30. The first-order chi connectivity index (χ1) is 32.4. The van der Waals surface area contributed by atoms with E-state index in [2.05, 4.69) is 42.5 Å². The van der Waals surface area contributed by atoms with Crippen LogP contribution in [0.1, 0.15) is 77.7 Å². The zero-order valence-electron chi connectivity index (χ0n) is 39.2. The molecule has 0 aromatic heterocycles. The van der Waals surface area contributed by atoms with Crippen molar-refractivity contribution in [3.8, 4) is 5.75 Å². The summed E-state index contributed by atoms with van der Waals surface area (Å²) in [5, 5.41) is 39.0. The smallest absolute Gasteiger partial charge is 0.303 e. The molecule has 69 heavy (non-hydrogen) atoms. The van der Waals surface area contributed by atoms with Crippen molar-refractivity contribution in [2.75, 3.05) is 33.8 Å². The number of nitrogens with one attached hydrogen (secondary N) is 8. The lowest BCUT2D eigenvalue weighted by molar-refractivity contribution is -0.140. The van der Waals surface area contributed by atoms with Crippen molar-refractivity contribution in [3.05, 3.63) is 29.8 Å². The topological polar surface area (TPSA) is 406 Å². The van der Waals surface area contributed by atoms with Gasteiger partial charge in [0.2, 0.25) is 59.1 Å². The second kappa shape index (κ2) is 28.8. The first-order valence-electron chi connectivity index (χ1n) is 22.1. The number of benzene rings is 1. The second-order valence-electron chi connectivity index (χ2n) is 16.6. The Kier molecular flexibility index (Phi) is 24.2. The summed E-state index contributed by atoms with van der Waals surface area (Å²) in [5.74, 6) is -11.8. The van der Waals surface area contributed by atoms with E-state index in [0.717, 1.165) is 11.9 Å². The number of Topliss-reactive ketones (excluding diaryl/α,β-unsaturated/α-hetero) is 1. The minimum Gasteiger partial charge on any atom is -0.508 e. The molecule has 1 aliphatic heterocycles. The number of carbonyl (C=O) groups is 12. The van der Waals surface area contributed by atoms with Gasteiger partial charge in [-0.2, -0.15) is 0 Å². The third kappa shape index (κ3) is 21.1. The van der Waals surface area contributed by atoms with Gasteiger partial charge < -0.3 is 68.5 Å². The summed E-state index contributed by atoms with van der Waals surface area (Å²) in [6.07, 6.45) is -3.93. The minimum absolute atomic E-state index is 0.0597. The molecule has 1 aromatic carbocycles. The number of hydrogen-bond acceptors (Lipinski definition) is 15. The van der Waals surface area contributed by atoms with Crippen LogP contribution in [0.15, 0.2) is 24.3 Å². The predicted octanol–water partition coefficient (Wildman–Crippen LogP) is -4.59. The van der Waals surface area contributed by atoms with Gasteiger partial charge in [-0.05, 0) is 56.2 Å². The van der Waals surface area contributed by atoms with Crippen LogP contribution >= 0.6 is 0 Å². The normalized spacial score (nSPS) is 21.8. The summed E-state index contributed by atoms with van der Waals surface area (Å²) >= 11 is 0. The monoisotopic (exact) mass is 975 g/mol. The molecule has 1 heterocycles. The Morgan fingerprint density at radius 1 is 0.841 bits per heavy atom. The average molecular weight is 976 g/mol. The molecule has 1 aliphatic rings. The lowest BCUT2D eigenvalue weighted by atomic mass is 9.96. The summed E-state index contributed by atoms with van der Waals surface area (Å²) in [6.45, 7) is 2.91. The van der Waals surface area contributed by atoms with Gasteiger partial charge in [0, 0.05) is 33.4 Å². The number of amides is 10. The van der Waals surface area contributed by atoms with Crippen LogP contribution < -0.4 is 54.0 Å². The molecule has 0 saturated carbocycles. The third-order valence-electron chi connectivity index (χ3n) is 10.8. The molecule has 10 amide bonds. The number of carboxylic acid groups (broad SMARTS) is 1. The number of nitrogens with two attached hydrogens (primary N) is 2. The number of likely N-dealkylation sites (N-methyl/N-ethyl adjacent to an activating group) is 1. The zero-order chi connectivity index (χ0) is 52.0. The molecule has 26 nitrogen and oxygen atoms in total. The molecule has 0 bridgehead atoms. The summed E-state index contributed by atoms with van der Waals surface area (Å²) in [6, 6.07) is -3.31. The molecule has 26 heteroatoms. The number of methoxy groups -OCH3 is 1. The largest absolute Gasteiger partial charge is 0.508 e. The van der Waals surface area contributed by atoms with E-state index in [1.165, 1.54) is 38.3 Å². The lowest BCUT2D eigenvalue weighted by Crippen LogP contribution is -2.61. The maximum absolute atomic E-state index is 14.1. The number of hydrogen-bond donors (Lipinski definition) is 12. The average Bonchev–Trinajstić information content (AvgIpc) is 3.28. The van der Waals surface area contributed by atoms with Crippen molar-refractivity contribution in [1.29, 1.82) is 0 Å². The van der Waals surface area contributed by atoms with Crippen molar-refractivity contribution in [2.45, 2.75) is 121 Å². The van der Waals surface area contributed by atoms with Gasteiger partial charge in [0.05, 0.1) is 26.1 Å². The fourth-order valence-corrected chi connectivity index (χ4v) is 6.81. The van der Waals surface area contributed by atoms with Crippen LogP contribution in [-0.4, -0.2) is 162 Å². The number of nitrogens with zero attached hydrogens (tertiary/aromatic N) is 1. The Labute approximate surface area is 397 Å². The maximum atomic E-state index is 14.1. The van der Waals surface area contributed by atoms with Crippen LogP contribution in [0.4, 0.5) is 0 Å². The number of aliphatic carboxylic acids is 1. The van der Waals surface area contributed by atoms with Gasteiger partial charge in [-0.1, -0.05) is 32.4 Å². The van der Waals surface area contributed by atoms with E-state index < -0.39 is 165 Å². The maximum Gasteiger partial charge on any atom is 0.303 e. The highest BCUT2D eigenvalue weighted by molar-refractivity contribution is 5.99. The summed E-state index contributed by atoms with van der Waals surface area (Å²) < 4.78 is 5.50. The van der Waals surface area contributed by atoms with Crippen LogP contribution in [0.3, 0.4) is 0 Å². The van der Waals surface area contributed by atoms with Gasteiger partial charge in [-0.3, -0.25) is 62.9 Å². The molecule has 14 N–H and O–H groups in total. The zero-order valence-corrected chi connectivity index (χ0v) is 39.2. The van der Waals surface area contributed by atoms with Crippen LogP contribution in [-0.2, 0) is 68.7 Å². The number of phenolic OH excluding ortho intramolecular Hbond substituents is 1. The predicted molar refractivity (Wildman–Crippen MR) is 241 cm³/mol. The quantitative estimate of drug-likeness (QED) is 0.0585. The van der Waals surface area contributed by atoms with Gasteiger partial charge in [0.15, 0.2) is 0 Å². The van der Waals surface area contributed by atoms with E-state index in [1.807, 2.05) is 0 Å². The number of rotatable bonds is 20. The van der Waals surface area contributed by atoms with Crippen LogP contribution in [0.2, 0.25) is 0 Å². The number of primary amides is 2. The number of aromatic hydroxyl groups is 1. The number of carbonyl (C=O) groups excluding carboxylic acids is 11. The molecular formula is C43H65N11O15. The Morgan fingerprint density at radius 2 is 1.46 bits per heavy atom. The number of phenols is 1. The molecule has 2 rings (SSSR count). The minimum atomic E-state index is -1.81. The fraction of sp³-hybridized carbons (Fsp3) is 0.581. The van der Waals surface area contributed by atoms with Crippen molar-refractivity contribution in [3.63, 3.8) is 0 Å². The molecule has 0 aliphatic carbocycles. The van der Waals surface area contributed by atoms with Gasteiger partial charge in [-0.25, -0.2) is 0 Å². The van der Waals surface area contributed by atoms with Crippen molar-refractivity contribution < 1.29 is 72.5 Å². The second-order valence-corrected chi connectivity index (χ2v) is 16.6. The third-order valence-corrected chi connectivity index (χ3v) is 10.8. The highest BCUT2D eigenvalue weighted by Crippen LogP contribution is 2.15. The van der Waals surface area contributed by atoms with E-state index >= 15 is 0 Å². The van der Waals surface area contributed by atoms with E-state index in [-0.39, 0.29) is 31.4 Å². The highest BCUT2D eigenvalue weighted by Gasteiger charge is 2.36. The highest BCUT2D eigenvalue weighted by atomic mass is 16.5. The number of ether oxygens (including phenoxy) is 1. The molecule has 1 fully saturated rings. The molecule has 1 aromatic rings. The Morgan fingerprint density at radius 3 is 2.04 bits per heavy atom. The molecule has 0 spiro atoms. The molecular weight excluding hydrogens is 911 g/mol. The van der Waals surface area contributed by atoms with Gasteiger partial charge in [0.25, 0.3) is 0 Å². The van der Waals surface area contributed by atoms with Gasteiger partial charge in [-0.15, -0.1) is 0 Å². The molecule has 8 atom stereocenters. The van der Waals surface area contributed by atoms with E-state index in [0.29, 0.717) is 12.0 Å². The summed E-state index contributed by atoms with van der Waals surface area (Å²) in [5.41, 5.74) is 11.3. The van der Waals surface area contributed by atoms with Crippen LogP contribution in [0, 0.1) is 5.92 Å². The standard InChI is InChI=1S/C43H65N11O15/c1-6-22(2)37-42(67)50-27(11-14-31(44)57)39(64)52-30(18-32(45)58)40(65)51-28(43(68)54(4)21-34(60)48-26(13-16-36(61)62)38(63)47-19-23(3)55)12-15-35(69-5)46-20-33(59)49-29(41(66)53-37)17-24-7-9-25(56)10-8-24/h7-10,22,26-30,35,37,46,56H,6,11-21H2,1-5H3,(H2,44,57)(H2,45,58)(H,47,63)(H,48,60)(H,49,59)(H,50,67)(H,51,65)(H,52,64)(H,53,66)(H,61,62)/t22-,26-,27-,28-,29-,30-,35?,37-/m0/s1. The SMILES string of the molecule is CC[C@H](C)[C@@H]1NC(=O)[C@H](Cc2ccc(O)cc2)NC(=O)CNC(OC)CC[C@@H](C(=O)N(C)CC(=O)N[C@@H](CCC(=O)O)C(=O)NCC(C)=O)NC(=O)[C@H](CC(N)=O)NC(=O)[C@H](CCC(N)=O)NC1=O. The molecule has 1 saturated heterocycles. The first-order valence-corrected chi connectivity index (χ1v) is 22.1. The summed E-state index contributed by atoms with van der Waals surface area (Å²) in [7, 11) is 2.43. The summed E-state index contributed by atoms with van der Waals surface area (Å²) in [4.78, 5) is 157. The van der Waals surface area contributed by atoms with Crippen LogP contribution in [0.5, 0.6) is 5.75 Å². The van der Waals surface area contributed by atoms with Crippen molar-refractivity contribution in [1.82, 2.24) is 47.4 Å². The van der Waals surface area contributed by atoms with Crippen LogP contribution in [0.25, 0.3) is 0 Å². The molecule has 382 valence electrons. The first kappa shape index (κ1) is 57.9. The van der Waals surface area contributed by atoms with Gasteiger partial charge >= 0.3 is 5.97 Å². The molecule has 1 unspecified atom stereocenters. The van der Waals surface area contributed by atoms with Crippen molar-refractivity contribution >= 4 is 70.8 Å². The number of ketones is 1. The Hall–Kier alpha value is -7.22. The molecule has 0 radical (unpaired) electrons.